The van der Waals surface area contributed by atoms with Gasteiger partial charge in [-0.3, -0.25) is 14.9 Å². The highest BCUT2D eigenvalue weighted by atomic mass is 19.4. The Bertz CT molecular complexity index is 1190. The number of amides is 1. The predicted octanol–water partition coefficient (Wildman–Crippen LogP) is 5.72. The van der Waals surface area contributed by atoms with Crippen LogP contribution in [0.25, 0.3) is 0 Å². The molecule has 1 N–H and O–H groups in total. The van der Waals surface area contributed by atoms with Crippen LogP contribution in [0.3, 0.4) is 0 Å². The van der Waals surface area contributed by atoms with Crippen LogP contribution in [0.1, 0.15) is 36.8 Å². The summed E-state index contributed by atoms with van der Waals surface area (Å²) in [5, 5.41) is 13.9. The number of nitro groups is 1. The van der Waals surface area contributed by atoms with Gasteiger partial charge < -0.3 is 19.9 Å². The fourth-order valence-electron chi connectivity index (χ4n) is 4.98. The molecule has 0 spiro atoms. The minimum atomic E-state index is -4.85. The quantitative estimate of drug-likeness (QED) is 0.259. The highest BCUT2D eigenvalue weighted by Gasteiger charge is 2.38. The number of hydrogen-bond acceptors (Lipinski definition) is 6. The van der Waals surface area contributed by atoms with Crippen molar-refractivity contribution in [3.63, 3.8) is 0 Å². The van der Waals surface area contributed by atoms with E-state index < -0.39 is 34.1 Å². The van der Waals surface area contributed by atoms with E-state index >= 15 is 0 Å². The van der Waals surface area contributed by atoms with Crippen molar-refractivity contribution in [3.8, 4) is 0 Å². The van der Waals surface area contributed by atoms with Gasteiger partial charge in [-0.25, -0.2) is 0 Å². The third-order valence-corrected chi connectivity index (χ3v) is 7.18. The van der Waals surface area contributed by atoms with Crippen molar-refractivity contribution in [3.05, 3.63) is 63.7 Å². The van der Waals surface area contributed by atoms with Crippen LogP contribution in [0.15, 0.2) is 42.5 Å². The lowest BCUT2D eigenvalue weighted by molar-refractivity contribution is -0.388. The zero-order valence-electron chi connectivity index (χ0n) is 21.3. The third kappa shape index (κ3) is 7.34. The van der Waals surface area contributed by atoms with Crippen molar-refractivity contribution in [2.45, 2.75) is 50.2 Å². The van der Waals surface area contributed by atoms with E-state index in [-0.39, 0.29) is 30.3 Å². The Morgan fingerprint density at radius 1 is 0.925 bits per heavy atom. The molecule has 0 unspecified atom stereocenters. The molecule has 2 fully saturated rings. The molecule has 1 amide bonds. The number of alkyl halides is 6. The number of nitrogens with one attached hydrogen (secondary N) is 1. The van der Waals surface area contributed by atoms with Gasteiger partial charge in [-0.15, -0.1) is 0 Å². The zero-order valence-corrected chi connectivity index (χ0v) is 21.3. The molecule has 218 valence electrons. The number of carbonyl (C=O) groups excluding carboxylic acids is 1. The maximum Gasteiger partial charge on any atom is 0.423 e. The number of benzene rings is 2. The van der Waals surface area contributed by atoms with Gasteiger partial charge in [0.2, 0.25) is 5.91 Å². The van der Waals surface area contributed by atoms with E-state index in [1.165, 1.54) is 18.2 Å². The largest absolute Gasteiger partial charge is 0.423 e. The van der Waals surface area contributed by atoms with E-state index in [2.05, 4.69) is 5.32 Å². The van der Waals surface area contributed by atoms with Gasteiger partial charge in [-0.05, 0) is 62.1 Å². The first-order valence-electron chi connectivity index (χ1n) is 12.7. The first-order valence-corrected chi connectivity index (χ1v) is 12.7. The first kappa shape index (κ1) is 29.4. The fraction of sp³-hybridized carbons (Fsp3) is 0.500. The molecule has 2 aromatic rings. The molecule has 0 bridgehead atoms. The van der Waals surface area contributed by atoms with Crippen LogP contribution in [-0.2, 0) is 21.9 Å². The molecule has 1 aliphatic carbocycles. The van der Waals surface area contributed by atoms with Gasteiger partial charge in [0.05, 0.1) is 16.6 Å². The lowest BCUT2D eigenvalue weighted by atomic mass is 9.92. The van der Waals surface area contributed by atoms with E-state index in [0.29, 0.717) is 57.5 Å². The summed E-state index contributed by atoms with van der Waals surface area (Å²) in [6, 6.07) is 7.62. The highest BCUT2D eigenvalue weighted by Crippen LogP contribution is 2.38. The summed E-state index contributed by atoms with van der Waals surface area (Å²) in [5.74, 6) is -0.183. The molecular formula is C26H28F6N4O4. The van der Waals surface area contributed by atoms with Crippen LogP contribution in [0.5, 0.6) is 0 Å². The second-order valence-electron chi connectivity index (χ2n) is 9.83. The Kier molecular flexibility index (Phi) is 8.76. The fourth-order valence-corrected chi connectivity index (χ4v) is 4.98. The summed E-state index contributed by atoms with van der Waals surface area (Å²) in [6.45, 7) is 1.67. The number of nitrogens with zero attached hydrogens (tertiary/aromatic N) is 3. The standard InChI is InChI=1S/C26H28F6N4O4/c27-25(28,29)17-1-6-20(7-2-17)34-11-13-35(14-12-34)24(37)16-40-21-8-3-18(4-9-21)33-19-5-10-23(36(38)39)22(15-19)26(30,31)32/h1-2,5-7,10,15,18,21,33H,3-4,8-9,11-14,16H2/t18-,21+. The SMILES string of the molecule is O=C(CO[C@H]1CC[C@@H](Nc2ccc([N+](=O)[O-])c(C(F)(F)F)c2)CC1)N1CCN(c2ccc(C(F)(F)F)cc2)CC1. The number of hydrogen-bond donors (Lipinski definition) is 1. The molecule has 40 heavy (non-hydrogen) atoms. The number of carbonyl (C=O) groups is 1. The molecule has 2 aromatic carbocycles. The summed E-state index contributed by atoms with van der Waals surface area (Å²) in [6.07, 6.45) is -7.08. The van der Waals surface area contributed by atoms with Gasteiger partial charge in [0.1, 0.15) is 12.2 Å². The molecule has 0 radical (unpaired) electrons. The summed E-state index contributed by atoms with van der Waals surface area (Å²) in [5.41, 5.74) is -2.22. The van der Waals surface area contributed by atoms with E-state index in [0.717, 1.165) is 24.3 Å². The summed E-state index contributed by atoms with van der Waals surface area (Å²) in [4.78, 5) is 26.1. The number of anilines is 2. The van der Waals surface area contributed by atoms with Crippen LogP contribution < -0.4 is 10.2 Å². The van der Waals surface area contributed by atoms with Crippen molar-refractivity contribution in [1.82, 2.24) is 4.90 Å². The van der Waals surface area contributed by atoms with Crippen molar-refractivity contribution in [2.75, 3.05) is 43.0 Å². The van der Waals surface area contributed by atoms with Crippen molar-refractivity contribution in [2.24, 2.45) is 0 Å². The number of nitro benzene ring substituents is 1. The molecule has 4 rings (SSSR count). The maximum atomic E-state index is 13.2. The van der Waals surface area contributed by atoms with E-state index in [1.807, 2.05) is 4.90 Å². The molecule has 0 aromatic heterocycles. The number of piperazine rings is 1. The molecule has 2 aliphatic rings. The molecule has 1 aliphatic heterocycles. The average Bonchev–Trinajstić information content (AvgIpc) is 2.91. The van der Waals surface area contributed by atoms with Gasteiger partial charge in [0.25, 0.3) is 5.69 Å². The minimum absolute atomic E-state index is 0.111. The lowest BCUT2D eigenvalue weighted by Crippen LogP contribution is -2.50. The Hall–Kier alpha value is -3.55. The smallest absolute Gasteiger partial charge is 0.382 e. The average molecular weight is 575 g/mol. The molecular weight excluding hydrogens is 546 g/mol. The number of halogens is 6. The molecule has 0 atom stereocenters. The van der Waals surface area contributed by atoms with E-state index in [1.54, 1.807) is 4.90 Å². The second-order valence-corrected chi connectivity index (χ2v) is 9.83. The van der Waals surface area contributed by atoms with Crippen LogP contribution in [-0.4, -0.2) is 60.7 Å². The Balaban J connectivity index is 1.19. The van der Waals surface area contributed by atoms with Crippen LogP contribution in [0, 0.1) is 10.1 Å². The zero-order chi connectivity index (χ0) is 29.1. The molecule has 14 heteroatoms. The number of ether oxygens (including phenoxy) is 1. The second kappa shape index (κ2) is 11.9. The monoisotopic (exact) mass is 574 g/mol. The van der Waals surface area contributed by atoms with Crippen LogP contribution in [0.4, 0.5) is 43.4 Å². The van der Waals surface area contributed by atoms with Gasteiger partial charge in [-0.1, -0.05) is 0 Å². The maximum absolute atomic E-state index is 13.2. The Labute approximate surface area is 226 Å². The third-order valence-electron chi connectivity index (χ3n) is 7.18. The van der Waals surface area contributed by atoms with Crippen molar-refractivity contribution < 1.29 is 40.8 Å². The van der Waals surface area contributed by atoms with Gasteiger partial charge in [-0.2, -0.15) is 26.3 Å². The highest BCUT2D eigenvalue weighted by molar-refractivity contribution is 5.77. The summed E-state index contributed by atoms with van der Waals surface area (Å²) in [7, 11) is 0. The topological polar surface area (TPSA) is 87.9 Å². The van der Waals surface area contributed by atoms with Gasteiger partial charge in [0.15, 0.2) is 0 Å². The number of rotatable bonds is 7. The summed E-state index contributed by atoms with van der Waals surface area (Å²) >= 11 is 0. The van der Waals surface area contributed by atoms with E-state index in [4.69, 9.17) is 4.74 Å². The first-order chi connectivity index (χ1) is 18.8. The van der Waals surface area contributed by atoms with Crippen LogP contribution >= 0.6 is 0 Å². The van der Waals surface area contributed by atoms with Gasteiger partial charge in [0, 0.05) is 49.7 Å². The predicted molar refractivity (Wildman–Crippen MR) is 134 cm³/mol. The molecule has 8 nitrogen and oxygen atoms in total. The molecule has 1 saturated heterocycles. The molecule has 1 heterocycles. The normalized spacial score (nSPS) is 20.4. The lowest BCUT2D eigenvalue weighted by Gasteiger charge is -2.36. The van der Waals surface area contributed by atoms with Crippen molar-refractivity contribution >= 4 is 23.0 Å². The van der Waals surface area contributed by atoms with Crippen LogP contribution in [0.2, 0.25) is 0 Å². The Morgan fingerprint density at radius 2 is 1.55 bits per heavy atom. The summed E-state index contributed by atoms with van der Waals surface area (Å²) < 4.78 is 83.8. The Morgan fingerprint density at radius 3 is 2.10 bits per heavy atom. The van der Waals surface area contributed by atoms with Gasteiger partial charge >= 0.3 is 12.4 Å². The minimum Gasteiger partial charge on any atom is -0.382 e. The van der Waals surface area contributed by atoms with E-state index in [9.17, 15) is 41.3 Å². The molecule has 1 saturated carbocycles. The van der Waals surface area contributed by atoms with Crippen molar-refractivity contribution in [1.29, 1.82) is 0 Å².